The predicted octanol–water partition coefficient (Wildman–Crippen LogP) is 4.56. The average Bonchev–Trinajstić information content (AvgIpc) is 2.82. The van der Waals surface area contributed by atoms with Gasteiger partial charge in [0, 0.05) is 24.9 Å². The highest BCUT2D eigenvalue weighted by Crippen LogP contribution is 2.28. The molecule has 1 atom stereocenters. The first-order valence-electron chi connectivity index (χ1n) is 11.4. The van der Waals surface area contributed by atoms with E-state index in [1.54, 1.807) is 17.8 Å². The Bertz CT molecular complexity index is 986. The van der Waals surface area contributed by atoms with Gasteiger partial charge in [-0.05, 0) is 78.7 Å². The minimum Gasteiger partial charge on any atom is -0.480 e. The molecule has 1 aliphatic heterocycles. The van der Waals surface area contributed by atoms with Crippen molar-refractivity contribution in [2.24, 2.45) is 0 Å². The Balaban J connectivity index is 1.87. The summed E-state index contributed by atoms with van der Waals surface area (Å²) in [6.07, 6.45) is 9.92. The van der Waals surface area contributed by atoms with Crippen LogP contribution in [0.3, 0.4) is 0 Å². The molecule has 1 heterocycles. The molecule has 1 aliphatic rings. The van der Waals surface area contributed by atoms with E-state index >= 15 is 0 Å². The predicted molar refractivity (Wildman–Crippen MR) is 136 cm³/mol. The number of carbonyl (C=O) groups excluding carboxylic acids is 1. The number of hydrogen-bond donors (Lipinski definition) is 3. The van der Waals surface area contributed by atoms with Gasteiger partial charge in [0.25, 0.3) is 5.91 Å². The number of aliphatic carboxylic acids is 1. The maximum Gasteiger partial charge on any atom is 0.326 e. The normalized spacial score (nSPS) is 15.3. The molecule has 0 spiro atoms. The number of carbonyl (C=O) groups is 2. The van der Waals surface area contributed by atoms with Gasteiger partial charge in [0.1, 0.15) is 6.04 Å². The number of carboxylic acid groups (broad SMARTS) is 1. The molecular formula is C26H33N3O3S. The Morgan fingerprint density at radius 3 is 2.58 bits per heavy atom. The molecule has 3 rings (SSSR count). The van der Waals surface area contributed by atoms with Gasteiger partial charge in [-0.25, -0.2) is 9.80 Å². The van der Waals surface area contributed by atoms with Crippen LogP contribution in [0.2, 0.25) is 0 Å². The zero-order valence-electron chi connectivity index (χ0n) is 19.3. The third-order valence-corrected chi connectivity index (χ3v) is 6.47. The van der Waals surface area contributed by atoms with Crippen molar-refractivity contribution in [3.63, 3.8) is 0 Å². The zero-order chi connectivity index (χ0) is 23.6. The highest BCUT2D eigenvalue weighted by atomic mass is 32.2. The molecule has 0 bridgehead atoms. The number of aryl methyl sites for hydroxylation is 1. The van der Waals surface area contributed by atoms with Gasteiger partial charge >= 0.3 is 5.97 Å². The molecule has 33 heavy (non-hydrogen) atoms. The number of nitrogens with zero attached hydrogens (tertiary/aromatic N) is 1. The van der Waals surface area contributed by atoms with Crippen molar-refractivity contribution in [1.29, 1.82) is 0 Å². The summed E-state index contributed by atoms with van der Waals surface area (Å²) >= 11 is 1.56. The largest absolute Gasteiger partial charge is 0.480 e. The fraction of sp³-hybridized carbons (Fsp3) is 0.385. The molecule has 7 heteroatoms. The Labute approximate surface area is 200 Å². The highest BCUT2D eigenvalue weighted by Gasteiger charge is 2.22. The van der Waals surface area contributed by atoms with Crippen LogP contribution in [0.15, 0.2) is 48.7 Å². The second-order valence-corrected chi connectivity index (χ2v) is 9.26. The lowest BCUT2D eigenvalue weighted by Gasteiger charge is -2.25. The molecule has 1 fully saturated rings. The number of carboxylic acids is 1. The molecule has 2 aromatic rings. The number of amides is 1. The summed E-state index contributed by atoms with van der Waals surface area (Å²) in [5, 5.41) is 14.5. The van der Waals surface area contributed by atoms with Crippen LogP contribution in [-0.4, -0.2) is 53.1 Å². The van der Waals surface area contributed by atoms with Crippen LogP contribution in [0.5, 0.6) is 0 Å². The standard InChI is InChI=1S/C26H33N3O3S/c1-19-8-4-5-9-21(19)23-18-20(12-14-27-29-15-6-3-7-16-29)10-11-22(23)25(30)28-24(26(31)32)13-17-33-2/h4-5,8-12,14,18,24,27H,3,6-7,13,15-17H2,1-2H3,(H,28,30)(H,31,32)/t24-/m0/s1. The van der Waals surface area contributed by atoms with Crippen LogP contribution < -0.4 is 10.7 Å². The number of hydrogen-bond acceptors (Lipinski definition) is 5. The van der Waals surface area contributed by atoms with E-state index in [9.17, 15) is 14.7 Å². The first-order valence-corrected chi connectivity index (χ1v) is 12.8. The molecule has 0 aliphatic carbocycles. The fourth-order valence-corrected chi connectivity index (χ4v) is 4.42. The van der Waals surface area contributed by atoms with Gasteiger partial charge in [0.05, 0.1) is 0 Å². The van der Waals surface area contributed by atoms with Crippen LogP contribution >= 0.6 is 11.8 Å². The van der Waals surface area contributed by atoms with Crippen molar-refractivity contribution in [1.82, 2.24) is 15.8 Å². The van der Waals surface area contributed by atoms with Crippen molar-refractivity contribution in [3.05, 3.63) is 65.4 Å². The monoisotopic (exact) mass is 467 g/mol. The molecule has 0 aromatic heterocycles. The molecule has 0 saturated carbocycles. The van der Waals surface area contributed by atoms with E-state index in [2.05, 4.69) is 15.8 Å². The minimum absolute atomic E-state index is 0.372. The zero-order valence-corrected chi connectivity index (χ0v) is 20.2. The van der Waals surface area contributed by atoms with Crippen molar-refractivity contribution in [2.45, 2.75) is 38.6 Å². The number of piperidine rings is 1. The second kappa shape index (κ2) is 12.5. The summed E-state index contributed by atoms with van der Waals surface area (Å²) in [5.74, 6) is -0.725. The topological polar surface area (TPSA) is 81.7 Å². The van der Waals surface area contributed by atoms with Crippen LogP contribution in [-0.2, 0) is 4.79 Å². The molecule has 176 valence electrons. The van der Waals surface area contributed by atoms with E-state index in [0.717, 1.165) is 35.3 Å². The van der Waals surface area contributed by atoms with Crippen molar-refractivity contribution in [3.8, 4) is 11.1 Å². The lowest BCUT2D eigenvalue weighted by atomic mass is 9.93. The fourth-order valence-electron chi connectivity index (χ4n) is 3.95. The number of benzene rings is 2. The Kier molecular flexibility index (Phi) is 9.39. The SMILES string of the molecule is CSCC[C@H](NC(=O)c1ccc(C=CNN2CCCCC2)cc1-c1ccccc1C)C(=O)O. The first-order chi connectivity index (χ1) is 16.0. The summed E-state index contributed by atoms with van der Waals surface area (Å²) in [4.78, 5) is 24.8. The lowest BCUT2D eigenvalue weighted by Crippen LogP contribution is -2.41. The van der Waals surface area contributed by atoms with E-state index in [0.29, 0.717) is 17.7 Å². The summed E-state index contributed by atoms with van der Waals surface area (Å²) in [7, 11) is 0. The van der Waals surface area contributed by atoms with E-state index < -0.39 is 12.0 Å². The van der Waals surface area contributed by atoms with Crippen molar-refractivity contribution < 1.29 is 14.7 Å². The smallest absolute Gasteiger partial charge is 0.326 e. The molecule has 6 nitrogen and oxygen atoms in total. The number of hydrazine groups is 1. The van der Waals surface area contributed by atoms with E-state index in [1.807, 2.05) is 61.9 Å². The molecule has 2 aromatic carbocycles. The van der Waals surface area contributed by atoms with Gasteiger partial charge in [0.15, 0.2) is 0 Å². The number of nitrogens with one attached hydrogen (secondary N) is 2. The minimum atomic E-state index is -1.02. The molecule has 1 saturated heterocycles. The van der Waals surface area contributed by atoms with Crippen LogP contribution in [0.25, 0.3) is 17.2 Å². The number of thioether (sulfide) groups is 1. The van der Waals surface area contributed by atoms with Gasteiger partial charge in [-0.2, -0.15) is 11.8 Å². The highest BCUT2D eigenvalue weighted by molar-refractivity contribution is 7.98. The van der Waals surface area contributed by atoms with Gasteiger partial charge in [-0.3, -0.25) is 4.79 Å². The maximum atomic E-state index is 13.1. The van der Waals surface area contributed by atoms with E-state index in [4.69, 9.17) is 0 Å². The quantitative estimate of drug-likeness (QED) is 0.475. The molecule has 0 unspecified atom stereocenters. The maximum absolute atomic E-state index is 13.1. The summed E-state index contributed by atoms with van der Waals surface area (Å²) in [5.41, 5.74) is 7.58. The van der Waals surface area contributed by atoms with Crippen LogP contribution in [0, 0.1) is 6.92 Å². The van der Waals surface area contributed by atoms with Crippen LogP contribution in [0.1, 0.15) is 47.2 Å². The first kappa shape index (κ1) is 24.9. The second-order valence-electron chi connectivity index (χ2n) is 8.28. The summed E-state index contributed by atoms with van der Waals surface area (Å²) in [6, 6.07) is 12.7. The Hall–Kier alpha value is -2.77. The van der Waals surface area contributed by atoms with Gasteiger partial charge in [-0.15, -0.1) is 0 Å². The van der Waals surface area contributed by atoms with E-state index in [-0.39, 0.29) is 5.91 Å². The Morgan fingerprint density at radius 2 is 1.88 bits per heavy atom. The van der Waals surface area contributed by atoms with Crippen LogP contribution in [0.4, 0.5) is 0 Å². The third kappa shape index (κ3) is 7.11. The molecule has 0 radical (unpaired) electrons. The number of rotatable bonds is 10. The van der Waals surface area contributed by atoms with Crippen molar-refractivity contribution >= 4 is 29.7 Å². The summed E-state index contributed by atoms with van der Waals surface area (Å²) in [6.45, 7) is 4.09. The summed E-state index contributed by atoms with van der Waals surface area (Å²) < 4.78 is 0. The molecular weight excluding hydrogens is 434 g/mol. The van der Waals surface area contributed by atoms with Crippen molar-refractivity contribution in [2.75, 3.05) is 25.1 Å². The third-order valence-electron chi connectivity index (χ3n) is 5.83. The average molecular weight is 468 g/mol. The van der Waals surface area contributed by atoms with E-state index in [1.165, 1.54) is 19.3 Å². The molecule has 1 amide bonds. The lowest BCUT2D eigenvalue weighted by molar-refractivity contribution is -0.139. The molecule has 3 N–H and O–H groups in total. The van der Waals surface area contributed by atoms with Gasteiger partial charge < -0.3 is 15.8 Å². The van der Waals surface area contributed by atoms with Gasteiger partial charge in [0.2, 0.25) is 0 Å². The van der Waals surface area contributed by atoms with Gasteiger partial charge in [-0.1, -0.05) is 36.8 Å². The Morgan fingerprint density at radius 1 is 1.12 bits per heavy atom.